The standard InChI is InChI=1S/C19H26N6/c20-17(13-24(21)12-15-6-2-1-3-7-15)14-25(22)18-10-4-8-16-9-5-11-23-19(16)18/h1-3,5-7,9,11,13,18H,4,8,10,12,14,20-22H2/b17-13-. The summed E-state index contributed by atoms with van der Waals surface area (Å²) in [5.41, 5.74) is 10.3. The summed E-state index contributed by atoms with van der Waals surface area (Å²) in [5, 5.41) is 3.36. The second kappa shape index (κ2) is 8.11. The van der Waals surface area contributed by atoms with Gasteiger partial charge in [-0.15, -0.1) is 0 Å². The molecule has 0 radical (unpaired) electrons. The van der Waals surface area contributed by atoms with E-state index < -0.39 is 0 Å². The molecule has 6 heteroatoms. The summed E-state index contributed by atoms with van der Waals surface area (Å²) in [5.74, 6) is 12.3. The molecule has 0 spiro atoms. The zero-order valence-corrected chi connectivity index (χ0v) is 14.4. The molecular formula is C19H26N6. The van der Waals surface area contributed by atoms with Crippen molar-refractivity contribution < 1.29 is 0 Å². The maximum absolute atomic E-state index is 6.31. The second-order valence-electron chi connectivity index (χ2n) is 6.49. The topological polar surface area (TPSA) is 97.4 Å². The van der Waals surface area contributed by atoms with Crippen molar-refractivity contribution in [3.63, 3.8) is 0 Å². The summed E-state index contributed by atoms with van der Waals surface area (Å²) in [4.78, 5) is 4.53. The van der Waals surface area contributed by atoms with Gasteiger partial charge in [0.15, 0.2) is 0 Å². The summed E-state index contributed by atoms with van der Waals surface area (Å²) in [6.07, 6.45) is 6.73. The Morgan fingerprint density at radius 1 is 1.16 bits per heavy atom. The second-order valence-corrected chi connectivity index (χ2v) is 6.49. The number of rotatable bonds is 6. The van der Waals surface area contributed by atoms with Crippen LogP contribution in [0.5, 0.6) is 0 Å². The monoisotopic (exact) mass is 338 g/mol. The molecule has 0 aliphatic heterocycles. The van der Waals surface area contributed by atoms with Gasteiger partial charge in [0.05, 0.1) is 24.8 Å². The number of hydrogen-bond acceptors (Lipinski definition) is 6. The molecule has 2 aromatic rings. The molecule has 1 aromatic heterocycles. The van der Waals surface area contributed by atoms with E-state index >= 15 is 0 Å². The lowest BCUT2D eigenvalue weighted by Gasteiger charge is -2.31. The van der Waals surface area contributed by atoms with Gasteiger partial charge in [0, 0.05) is 18.1 Å². The number of benzene rings is 1. The predicted molar refractivity (Wildman–Crippen MR) is 99.3 cm³/mol. The van der Waals surface area contributed by atoms with Crippen LogP contribution in [-0.4, -0.2) is 21.5 Å². The summed E-state index contributed by atoms with van der Waals surface area (Å²) in [6.45, 7) is 1.04. The molecule has 1 atom stereocenters. The largest absolute Gasteiger partial charge is 0.400 e. The Morgan fingerprint density at radius 3 is 2.76 bits per heavy atom. The fourth-order valence-electron chi connectivity index (χ4n) is 3.32. The third kappa shape index (κ3) is 4.57. The Morgan fingerprint density at radius 2 is 1.96 bits per heavy atom. The van der Waals surface area contributed by atoms with Gasteiger partial charge in [0.2, 0.25) is 0 Å². The van der Waals surface area contributed by atoms with E-state index in [1.807, 2.05) is 42.6 Å². The summed E-state index contributed by atoms with van der Waals surface area (Å²) >= 11 is 0. The molecule has 0 saturated carbocycles. The lowest BCUT2D eigenvalue weighted by atomic mass is 9.91. The number of pyridine rings is 1. The van der Waals surface area contributed by atoms with Crippen LogP contribution >= 0.6 is 0 Å². The van der Waals surface area contributed by atoms with Gasteiger partial charge in [-0.3, -0.25) is 10.8 Å². The highest BCUT2D eigenvalue weighted by Crippen LogP contribution is 2.31. The average Bonchev–Trinajstić information content (AvgIpc) is 2.61. The molecule has 3 rings (SSSR count). The first-order valence-electron chi connectivity index (χ1n) is 8.60. The quantitative estimate of drug-likeness (QED) is 0.549. The summed E-state index contributed by atoms with van der Waals surface area (Å²) in [6, 6.07) is 14.2. The fourth-order valence-corrected chi connectivity index (χ4v) is 3.32. The Bertz CT molecular complexity index is 715. The lowest BCUT2D eigenvalue weighted by Crippen LogP contribution is -2.40. The number of nitrogens with two attached hydrogens (primary N) is 3. The zero-order chi connectivity index (χ0) is 17.6. The van der Waals surface area contributed by atoms with Crippen LogP contribution in [0.2, 0.25) is 0 Å². The number of aryl methyl sites for hydroxylation is 1. The van der Waals surface area contributed by atoms with Crippen molar-refractivity contribution >= 4 is 0 Å². The Hall–Kier alpha value is -2.41. The molecule has 1 heterocycles. The molecule has 0 fully saturated rings. The van der Waals surface area contributed by atoms with Crippen LogP contribution in [0.4, 0.5) is 0 Å². The van der Waals surface area contributed by atoms with Gasteiger partial charge in [-0.1, -0.05) is 36.4 Å². The minimum absolute atomic E-state index is 0.0947. The number of hydrazine groups is 2. The Labute approximate surface area is 148 Å². The van der Waals surface area contributed by atoms with Crippen LogP contribution in [0.3, 0.4) is 0 Å². The van der Waals surface area contributed by atoms with E-state index in [0.29, 0.717) is 18.8 Å². The third-order valence-corrected chi connectivity index (χ3v) is 4.47. The SMILES string of the molecule is N/C(=C\N(N)Cc1ccccc1)CN(N)C1CCCc2cccnc21. The summed E-state index contributed by atoms with van der Waals surface area (Å²) in [7, 11) is 0. The van der Waals surface area contributed by atoms with Crippen LogP contribution in [0.1, 0.15) is 35.7 Å². The van der Waals surface area contributed by atoms with Gasteiger partial charge in [-0.05, 0) is 36.5 Å². The predicted octanol–water partition coefficient (Wildman–Crippen LogP) is 1.81. The van der Waals surface area contributed by atoms with E-state index in [0.717, 1.165) is 30.5 Å². The normalized spacial score (nSPS) is 17.4. The molecule has 132 valence electrons. The number of fused-ring (bicyclic) bond motifs is 1. The van der Waals surface area contributed by atoms with Gasteiger partial charge < -0.3 is 10.7 Å². The first kappa shape index (κ1) is 17.4. The van der Waals surface area contributed by atoms with Crippen LogP contribution in [0, 0.1) is 0 Å². The smallest absolute Gasteiger partial charge is 0.0670 e. The van der Waals surface area contributed by atoms with E-state index in [-0.39, 0.29) is 6.04 Å². The minimum atomic E-state index is 0.0947. The van der Waals surface area contributed by atoms with Gasteiger partial charge in [0.1, 0.15) is 0 Å². The Kier molecular flexibility index (Phi) is 5.65. The molecule has 1 unspecified atom stereocenters. The highest BCUT2D eigenvalue weighted by molar-refractivity contribution is 5.25. The molecule has 1 aliphatic rings. The Balaban J connectivity index is 1.61. The van der Waals surface area contributed by atoms with Crippen LogP contribution in [0.25, 0.3) is 0 Å². The van der Waals surface area contributed by atoms with Crippen molar-refractivity contribution in [2.45, 2.75) is 31.8 Å². The maximum Gasteiger partial charge on any atom is 0.0670 e. The van der Waals surface area contributed by atoms with Crippen molar-refractivity contribution in [2.75, 3.05) is 6.54 Å². The molecule has 0 amide bonds. The number of nitrogens with zero attached hydrogens (tertiary/aromatic N) is 3. The highest BCUT2D eigenvalue weighted by atomic mass is 15.4. The highest BCUT2D eigenvalue weighted by Gasteiger charge is 2.25. The minimum Gasteiger partial charge on any atom is -0.400 e. The molecule has 0 saturated heterocycles. The first-order chi connectivity index (χ1) is 12.1. The van der Waals surface area contributed by atoms with E-state index in [4.69, 9.17) is 17.4 Å². The zero-order valence-electron chi connectivity index (χ0n) is 14.4. The van der Waals surface area contributed by atoms with E-state index in [1.54, 1.807) is 16.2 Å². The van der Waals surface area contributed by atoms with Gasteiger partial charge in [0.25, 0.3) is 0 Å². The van der Waals surface area contributed by atoms with Crippen LogP contribution in [0.15, 0.2) is 60.6 Å². The van der Waals surface area contributed by atoms with Gasteiger partial charge in [-0.2, -0.15) is 0 Å². The molecular weight excluding hydrogens is 312 g/mol. The van der Waals surface area contributed by atoms with E-state index in [1.165, 1.54) is 5.56 Å². The number of aromatic nitrogens is 1. The van der Waals surface area contributed by atoms with Gasteiger partial charge >= 0.3 is 0 Å². The molecule has 1 aromatic carbocycles. The lowest BCUT2D eigenvalue weighted by molar-refractivity contribution is 0.191. The van der Waals surface area contributed by atoms with E-state index in [9.17, 15) is 0 Å². The fraction of sp³-hybridized carbons (Fsp3) is 0.316. The third-order valence-electron chi connectivity index (χ3n) is 4.47. The molecule has 6 N–H and O–H groups in total. The molecule has 6 nitrogen and oxygen atoms in total. The molecule has 0 bridgehead atoms. The van der Waals surface area contributed by atoms with Crippen LogP contribution < -0.4 is 17.4 Å². The van der Waals surface area contributed by atoms with Crippen molar-refractivity contribution in [3.8, 4) is 0 Å². The van der Waals surface area contributed by atoms with E-state index in [2.05, 4.69) is 11.1 Å². The number of hydrogen-bond donors (Lipinski definition) is 3. The summed E-state index contributed by atoms with van der Waals surface area (Å²) < 4.78 is 0. The van der Waals surface area contributed by atoms with Crippen molar-refractivity contribution in [1.82, 2.24) is 15.0 Å². The molecule has 25 heavy (non-hydrogen) atoms. The van der Waals surface area contributed by atoms with Gasteiger partial charge in [-0.25, -0.2) is 10.9 Å². The molecule has 1 aliphatic carbocycles. The van der Waals surface area contributed by atoms with Crippen LogP contribution in [-0.2, 0) is 13.0 Å². The first-order valence-corrected chi connectivity index (χ1v) is 8.60. The van der Waals surface area contributed by atoms with Crippen molar-refractivity contribution in [2.24, 2.45) is 17.4 Å². The van der Waals surface area contributed by atoms with Crippen molar-refractivity contribution in [1.29, 1.82) is 0 Å². The van der Waals surface area contributed by atoms with Crippen molar-refractivity contribution in [3.05, 3.63) is 77.4 Å². The average molecular weight is 338 g/mol. The maximum atomic E-state index is 6.31.